The molecule has 0 aliphatic carbocycles. The van der Waals surface area contributed by atoms with E-state index in [-0.39, 0.29) is 12.2 Å². The van der Waals surface area contributed by atoms with Crippen LogP contribution in [0, 0.1) is 13.8 Å². The molecule has 0 aliphatic heterocycles. The fourth-order valence-corrected chi connectivity index (χ4v) is 4.25. The van der Waals surface area contributed by atoms with Crippen molar-refractivity contribution >= 4 is 21.1 Å². The number of para-hydroxylation sites is 2. The molecule has 2 N–H and O–H groups in total. The van der Waals surface area contributed by atoms with E-state index in [9.17, 15) is 13.2 Å². The van der Waals surface area contributed by atoms with Crippen molar-refractivity contribution in [3.63, 3.8) is 0 Å². The van der Waals surface area contributed by atoms with Gasteiger partial charge in [-0.25, -0.2) is 17.9 Å². The lowest BCUT2D eigenvalue weighted by atomic mass is 10.2. The molecule has 3 aromatic rings. The van der Waals surface area contributed by atoms with Crippen molar-refractivity contribution in [2.45, 2.75) is 31.7 Å². The van der Waals surface area contributed by atoms with Gasteiger partial charge in [-0.15, -0.1) is 0 Å². The minimum atomic E-state index is -3.55. The number of H-pyrrole nitrogens is 1. The molecule has 0 amide bonds. The maximum atomic E-state index is 12.4. The summed E-state index contributed by atoms with van der Waals surface area (Å²) >= 11 is 0. The molecule has 6 nitrogen and oxygen atoms in total. The van der Waals surface area contributed by atoms with Gasteiger partial charge in [-0.3, -0.25) is 4.57 Å². The largest absolute Gasteiger partial charge is 0.326 e. The Morgan fingerprint density at radius 1 is 1.12 bits per heavy atom. The molecule has 0 fully saturated rings. The molecular weight excluding hydrogens is 338 g/mol. The van der Waals surface area contributed by atoms with Gasteiger partial charge in [-0.2, -0.15) is 0 Å². The van der Waals surface area contributed by atoms with E-state index in [4.69, 9.17) is 0 Å². The number of hydrogen-bond donors (Lipinski definition) is 2. The van der Waals surface area contributed by atoms with Crippen molar-refractivity contribution in [2.75, 3.05) is 6.54 Å². The summed E-state index contributed by atoms with van der Waals surface area (Å²) < 4.78 is 29.1. The number of hydrogen-bond acceptors (Lipinski definition) is 3. The first-order chi connectivity index (χ1) is 11.9. The van der Waals surface area contributed by atoms with Crippen molar-refractivity contribution in [3.05, 3.63) is 64.1 Å². The highest BCUT2D eigenvalue weighted by Gasteiger charge is 2.16. The summed E-state index contributed by atoms with van der Waals surface area (Å²) in [6, 6.07) is 12.7. The molecule has 1 heterocycles. The zero-order chi connectivity index (χ0) is 18.0. The van der Waals surface area contributed by atoms with Crippen molar-refractivity contribution < 1.29 is 8.42 Å². The second kappa shape index (κ2) is 6.85. The minimum Gasteiger partial charge on any atom is -0.306 e. The Morgan fingerprint density at radius 2 is 1.88 bits per heavy atom. The normalized spacial score (nSPS) is 11.9. The second-order valence-corrected chi connectivity index (χ2v) is 7.85. The van der Waals surface area contributed by atoms with Crippen LogP contribution in [-0.4, -0.2) is 24.5 Å². The lowest BCUT2D eigenvalue weighted by molar-refractivity contribution is 0.569. The molecule has 0 unspecified atom stereocenters. The molecule has 0 bridgehead atoms. The predicted molar refractivity (Wildman–Crippen MR) is 98.3 cm³/mol. The maximum absolute atomic E-state index is 12.4. The summed E-state index contributed by atoms with van der Waals surface area (Å²) in [5, 5.41) is 0. The van der Waals surface area contributed by atoms with Crippen LogP contribution in [0.3, 0.4) is 0 Å². The first kappa shape index (κ1) is 17.4. The van der Waals surface area contributed by atoms with Crippen LogP contribution < -0.4 is 10.4 Å². The summed E-state index contributed by atoms with van der Waals surface area (Å²) in [7, 11) is -3.55. The van der Waals surface area contributed by atoms with Gasteiger partial charge in [0.1, 0.15) is 0 Å². The number of nitrogens with one attached hydrogen (secondary N) is 2. The fraction of sp³-hybridized carbons (Fsp3) is 0.278. The van der Waals surface area contributed by atoms with Crippen LogP contribution in [0.5, 0.6) is 0 Å². The molecule has 0 saturated carbocycles. The number of benzene rings is 2. The van der Waals surface area contributed by atoms with Gasteiger partial charge in [-0.1, -0.05) is 29.8 Å². The zero-order valence-electron chi connectivity index (χ0n) is 14.2. The standard InChI is InChI=1S/C18H21N3O3S/c1-13-8-9-17(14(2)12-13)25(23,24)19-10-5-11-21-16-7-4-3-6-15(16)20-18(21)22/h3-4,6-9,12,19H,5,10-11H2,1-2H3,(H,20,22). The number of aromatic nitrogens is 2. The van der Waals surface area contributed by atoms with E-state index < -0.39 is 10.0 Å². The highest BCUT2D eigenvalue weighted by Crippen LogP contribution is 2.16. The molecule has 2 aromatic carbocycles. The quantitative estimate of drug-likeness (QED) is 0.663. The van der Waals surface area contributed by atoms with Crippen LogP contribution in [0.4, 0.5) is 0 Å². The van der Waals surface area contributed by atoms with E-state index in [1.54, 1.807) is 23.6 Å². The number of aryl methyl sites for hydroxylation is 3. The van der Waals surface area contributed by atoms with Crippen molar-refractivity contribution in [3.8, 4) is 0 Å². The number of aromatic amines is 1. The Bertz CT molecular complexity index is 1060. The highest BCUT2D eigenvalue weighted by molar-refractivity contribution is 7.89. The topological polar surface area (TPSA) is 84.0 Å². The highest BCUT2D eigenvalue weighted by atomic mass is 32.2. The van der Waals surface area contributed by atoms with Crippen LogP contribution in [0.15, 0.2) is 52.2 Å². The average molecular weight is 359 g/mol. The first-order valence-electron chi connectivity index (χ1n) is 8.13. The molecule has 1 aromatic heterocycles. The smallest absolute Gasteiger partial charge is 0.306 e. The Hall–Kier alpha value is -2.38. The van der Waals surface area contributed by atoms with E-state index in [0.717, 1.165) is 22.2 Å². The number of sulfonamides is 1. The minimum absolute atomic E-state index is 0.182. The molecule has 0 atom stereocenters. The molecule has 0 spiro atoms. The summed E-state index contributed by atoms with van der Waals surface area (Å²) in [5.74, 6) is 0. The number of nitrogens with zero attached hydrogens (tertiary/aromatic N) is 1. The van der Waals surface area contributed by atoms with Gasteiger partial charge in [-0.05, 0) is 44.0 Å². The third-order valence-corrected chi connectivity index (χ3v) is 5.77. The number of rotatable bonds is 6. The Kier molecular flexibility index (Phi) is 4.78. The van der Waals surface area contributed by atoms with Gasteiger partial charge in [0, 0.05) is 13.1 Å². The van der Waals surface area contributed by atoms with E-state index >= 15 is 0 Å². The number of imidazole rings is 1. The van der Waals surface area contributed by atoms with Gasteiger partial charge in [0.05, 0.1) is 15.9 Å². The summed E-state index contributed by atoms with van der Waals surface area (Å²) in [4.78, 5) is 15.1. The van der Waals surface area contributed by atoms with Crippen LogP contribution in [0.25, 0.3) is 11.0 Å². The van der Waals surface area contributed by atoms with E-state index in [1.807, 2.05) is 37.3 Å². The SMILES string of the molecule is Cc1ccc(S(=O)(=O)NCCCn2c(=O)[nH]c3ccccc32)c(C)c1. The van der Waals surface area contributed by atoms with E-state index in [1.165, 1.54) is 0 Å². The van der Waals surface area contributed by atoms with Crippen LogP contribution in [0.2, 0.25) is 0 Å². The molecule has 132 valence electrons. The molecule has 0 aliphatic rings. The van der Waals surface area contributed by atoms with Gasteiger partial charge in [0.2, 0.25) is 10.0 Å². The monoisotopic (exact) mass is 359 g/mol. The molecule has 3 rings (SSSR count). The lowest BCUT2D eigenvalue weighted by Crippen LogP contribution is -2.27. The average Bonchev–Trinajstić information content (AvgIpc) is 2.86. The van der Waals surface area contributed by atoms with Crippen molar-refractivity contribution in [2.24, 2.45) is 0 Å². The third kappa shape index (κ3) is 3.67. The summed E-state index contributed by atoms with van der Waals surface area (Å²) in [6.07, 6.45) is 0.520. The predicted octanol–water partition coefficient (Wildman–Crippen LogP) is 2.32. The zero-order valence-corrected chi connectivity index (χ0v) is 15.1. The third-order valence-electron chi connectivity index (χ3n) is 4.15. The second-order valence-electron chi connectivity index (χ2n) is 6.12. The summed E-state index contributed by atoms with van der Waals surface area (Å²) in [5.41, 5.74) is 3.17. The fourth-order valence-electron chi connectivity index (χ4n) is 2.95. The van der Waals surface area contributed by atoms with Gasteiger partial charge in [0.15, 0.2) is 0 Å². The first-order valence-corrected chi connectivity index (χ1v) is 9.61. The van der Waals surface area contributed by atoms with Crippen molar-refractivity contribution in [1.82, 2.24) is 14.3 Å². The number of fused-ring (bicyclic) bond motifs is 1. The van der Waals surface area contributed by atoms with Crippen LogP contribution in [-0.2, 0) is 16.6 Å². The Labute approximate surface area is 146 Å². The van der Waals surface area contributed by atoms with E-state index in [2.05, 4.69) is 9.71 Å². The van der Waals surface area contributed by atoms with Crippen LogP contribution in [0.1, 0.15) is 17.5 Å². The van der Waals surface area contributed by atoms with Gasteiger partial charge < -0.3 is 4.98 Å². The summed E-state index contributed by atoms with van der Waals surface area (Å²) in [6.45, 7) is 4.42. The molecule has 0 radical (unpaired) electrons. The molecular formula is C18H21N3O3S. The maximum Gasteiger partial charge on any atom is 0.326 e. The lowest BCUT2D eigenvalue weighted by Gasteiger charge is -2.10. The Balaban J connectivity index is 1.66. The van der Waals surface area contributed by atoms with Gasteiger partial charge >= 0.3 is 5.69 Å². The van der Waals surface area contributed by atoms with Crippen molar-refractivity contribution in [1.29, 1.82) is 0 Å². The molecule has 7 heteroatoms. The molecule has 25 heavy (non-hydrogen) atoms. The molecule has 0 saturated heterocycles. The Morgan fingerprint density at radius 3 is 2.64 bits per heavy atom. The van der Waals surface area contributed by atoms with Gasteiger partial charge in [0.25, 0.3) is 0 Å². The van der Waals surface area contributed by atoms with E-state index in [0.29, 0.717) is 17.9 Å². The van der Waals surface area contributed by atoms with Crippen LogP contribution >= 0.6 is 0 Å².